The third-order valence-corrected chi connectivity index (χ3v) is 6.13. The minimum absolute atomic E-state index is 0.268. The first-order chi connectivity index (χ1) is 13.5. The summed E-state index contributed by atoms with van der Waals surface area (Å²) in [6.45, 7) is 1.82. The van der Waals surface area contributed by atoms with Crippen LogP contribution in [0.1, 0.15) is 45.4 Å². The number of benzene rings is 1. The summed E-state index contributed by atoms with van der Waals surface area (Å²) in [6.07, 6.45) is 3.39. The van der Waals surface area contributed by atoms with Crippen molar-refractivity contribution in [1.29, 1.82) is 0 Å². The van der Waals surface area contributed by atoms with Gasteiger partial charge in [0.15, 0.2) is 0 Å². The molecule has 2 N–H and O–H groups in total. The number of nitrogens with one attached hydrogen (secondary N) is 1. The van der Waals surface area contributed by atoms with Crippen molar-refractivity contribution >= 4 is 23.3 Å². The third-order valence-electron chi connectivity index (χ3n) is 5.06. The SMILES string of the molecule is CN1CCCC[C@H]1COC(=O)C(NCc1ccc(C(=O)O)s1)c1ccccc1. The van der Waals surface area contributed by atoms with Crippen LogP contribution >= 0.6 is 11.3 Å². The summed E-state index contributed by atoms with van der Waals surface area (Å²) in [5.41, 5.74) is 0.833. The average molecular weight is 403 g/mol. The van der Waals surface area contributed by atoms with Crippen LogP contribution in [0.2, 0.25) is 0 Å². The summed E-state index contributed by atoms with van der Waals surface area (Å²) in [7, 11) is 2.07. The van der Waals surface area contributed by atoms with Gasteiger partial charge in [-0.25, -0.2) is 9.59 Å². The van der Waals surface area contributed by atoms with Crippen molar-refractivity contribution in [3.05, 3.63) is 57.8 Å². The first-order valence-electron chi connectivity index (χ1n) is 9.52. The summed E-state index contributed by atoms with van der Waals surface area (Å²) >= 11 is 1.21. The van der Waals surface area contributed by atoms with E-state index in [0.29, 0.717) is 13.2 Å². The molecule has 28 heavy (non-hydrogen) atoms. The number of likely N-dealkylation sites (N-methyl/N-ethyl adjacent to an activating group) is 1. The largest absolute Gasteiger partial charge is 0.477 e. The Morgan fingerprint density at radius 1 is 1.25 bits per heavy atom. The van der Waals surface area contributed by atoms with Crippen LogP contribution in [0.3, 0.4) is 0 Å². The Balaban J connectivity index is 1.64. The Bertz CT molecular complexity index is 793. The van der Waals surface area contributed by atoms with Gasteiger partial charge >= 0.3 is 11.9 Å². The van der Waals surface area contributed by atoms with Crippen LogP contribution in [0.5, 0.6) is 0 Å². The molecule has 2 atom stereocenters. The molecule has 3 rings (SSSR count). The standard InChI is InChI=1S/C21H26N2O4S/c1-23-12-6-5-9-16(23)14-27-21(26)19(15-7-3-2-4-8-15)22-13-17-10-11-18(28-17)20(24)25/h2-4,7-8,10-11,16,19,22H,5-6,9,12-14H2,1H3,(H,24,25)/t16-,19?/m0/s1. The Morgan fingerprint density at radius 3 is 2.71 bits per heavy atom. The number of carbonyl (C=O) groups excluding carboxylic acids is 1. The van der Waals surface area contributed by atoms with Crippen LogP contribution in [0.25, 0.3) is 0 Å². The molecule has 6 nitrogen and oxygen atoms in total. The van der Waals surface area contributed by atoms with E-state index in [1.54, 1.807) is 12.1 Å². The molecule has 1 unspecified atom stereocenters. The molecule has 0 amide bonds. The molecule has 0 spiro atoms. The molecule has 1 aliphatic heterocycles. The number of nitrogens with zero attached hydrogens (tertiary/aromatic N) is 1. The van der Waals surface area contributed by atoms with Crippen molar-refractivity contribution in [3.63, 3.8) is 0 Å². The van der Waals surface area contributed by atoms with Crippen molar-refractivity contribution in [1.82, 2.24) is 10.2 Å². The molecule has 0 bridgehead atoms. The predicted molar refractivity (Wildman–Crippen MR) is 109 cm³/mol. The van der Waals surface area contributed by atoms with E-state index in [-0.39, 0.29) is 16.9 Å². The van der Waals surface area contributed by atoms with Gasteiger partial charge in [0.05, 0.1) is 0 Å². The Labute approximate surface area is 169 Å². The van der Waals surface area contributed by atoms with Crippen LogP contribution in [-0.4, -0.2) is 48.2 Å². The zero-order chi connectivity index (χ0) is 19.9. The van der Waals surface area contributed by atoms with Crippen molar-refractivity contribution in [2.24, 2.45) is 0 Å². The molecule has 0 saturated carbocycles. The average Bonchev–Trinajstić information content (AvgIpc) is 3.18. The highest BCUT2D eigenvalue weighted by molar-refractivity contribution is 7.13. The van der Waals surface area contributed by atoms with Gasteiger partial charge in [-0.3, -0.25) is 5.32 Å². The third kappa shape index (κ3) is 5.41. The van der Waals surface area contributed by atoms with Gasteiger partial charge in [-0.05, 0) is 44.1 Å². The second-order valence-corrected chi connectivity index (χ2v) is 8.22. The number of carboxylic acid groups (broad SMARTS) is 1. The lowest BCUT2D eigenvalue weighted by Gasteiger charge is -2.32. The molecule has 7 heteroatoms. The van der Waals surface area contributed by atoms with Gasteiger partial charge in [-0.15, -0.1) is 11.3 Å². The number of ether oxygens (including phenoxy) is 1. The normalized spacial score (nSPS) is 18.5. The maximum absolute atomic E-state index is 12.8. The zero-order valence-electron chi connectivity index (χ0n) is 16.0. The lowest BCUT2D eigenvalue weighted by Crippen LogP contribution is -2.41. The second kappa shape index (κ2) is 9.82. The number of rotatable bonds is 8. The molecule has 1 fully saturated rings. The topological polar surface area (TPSA) is 78.9 Å². The number of hydrogen-bond donors (Lipinski definition) is 2. The van der Waals surface area contributed by atoms with Crippen LogP contribution < -0.4 is 5.32 Å². The van der Waals surface area contributed by atoms with Crippen LogP contribution in [0.15, 0.2) is 42.5 Å². The number of likely N-dealkylation sites (tertiary alicyclic amines) is 1. The number of aromatic carboxylic acids is 1. The highest BCUT2D eigenvalue weighted by atomic mass is 32.1. The van der Waals surface area contributed by atoms with Crippen molar-refractivity contribution < 1.29 is 19.4 Å². The fourth-order valence-corrected chi connectivity index (χ4v) is 4.19. The fraction of sp³-hybridized carbons (Fsp3) is 0.429. The molecule has 1 aromatic heterocycles. The van der Waals surface area contributed by atoms with E-state index in [4.69, 9.17) is 9.84 Å². The zero-order valence-corrected chi connectivity index (χ0v) is 16.8. The van der Waals surface area contributed by atoms with Gasteiger partial charge in [-0.1, -0.05) is 36.8 Å². The Kier molecular flexibility index (Phi) is 7.19. The van der Waals surface area contributed by atoms with E-state index in [9.17, 15) is 9.59 Å². The molecule has 1 saturated heterocycles. The van der Waals surface area contributed by atoms with Crippen LogP contribution in [0.4, 0.5) is 0 Å². The second-order valence-electron chi connectivity index (χ2n) is 7.06. The quantitative estimate of drug-likeness (QED) is 0.660. The van der Waals surface area contributed by atoms with E-state index < -0.39 is 12.0 Å². The van der Waals surface area contributed by atoms with Crippen molar-refractivity contribution in [2.45, 2.75) is 37.9 Å². The molecule has 1 aromatic carbocycles. The van der Waals surface area contributed by atoms with E-state index in [1.165, 1.54) is 17.8 Å². The number of carbonyl (C=O) groups is 2. The summed E-state index contributed by atoms with van der Waals surface area (Å²) < 4.78 is 5.67. The minimum atomic E-state index is -0.938. The molecular formula is C21H26N2O4S. The molecule has 150 valence electrons. The summed E-state index contributed by atoms with van der Waals surface area (Å²) in [4.78, 5) is 27.3. The number of esters is 1. The highest BCUT2D eigenvalue weighted by Gasteiger charge is 2.25. The number of carboxylic acids is 1. The van der Waals surface area contributed by atoms with Gasteiger partial charge < -0.3 is 14.7 Å². The van der Waals surface area contributed by atoms with Crippen molar-refractivity contribution in [3.8, 4) is 0 Å². The first-order valence-corrected chi connectivity index (χ1v) is 10.3. The van der Waals surface area contributed by atoms with Crippen LogP contribution in [0, 0.1) is 0 Å². The van der Waals surface area contributed by atoms with E-state index in [1.807, 2.05) is 30.3 Å². The first kappa shape index (κ1) is 20.5. The summed E-state index contributed by atoms with van der Waals surface area (Å²) in [5.74, 6) is -1.24. The van der Waals surface area contributed by atoms with Gasteiger partial charge in [0.2, 0.25) is 0 Å². The van der Waals surface area contributed by atoms with Gasteiger partial charge in [0.1, 0.15) is 17.5 Å². The Hall–Kier alpha value is -2.22. The van der Waals surface area contributed by atoms with Gasteiger partial charge in [0, 0.05) is 17.5 Å². The van der Waals surface area contributed by atoms with E-state index in [0.717, 1.165) is 29.8 Å². The number of piperidine rings is 1. The van der Waals surface area contributed by atoms with E-state index in [2.05, 4.69) is 17.3 Å². The van der Waals surface area contributed by atoms with Gasteiger partial charge in [0.25, 0.3) is 0 Å². The molecule has 0 radical (unpaired) electrons. The molecular weight excluding hydrogens is 376 g/mol. The summed E-state index contributed by atoms with van der Waals surface area (Å²) in [6, 6.07) is 12.5. The fourth-order valence-electron chi connectivity index (χ4n) is 3.39. The molecule has 2 heterocycles. The highest BCUT2D eigenvalue weighted by Crippen LogP contribution is 2.21. The van der Waals surface area contributed by atoms with E-state index >= 15 is 0 Å². The predicted octanol–water partition coefficient (Wildman–Crippen LogP) is 3.30. The minimum Gasteiger partial charge on any atom is -0.477 e. The maximum Gasteiger partial charge on any atom is 0.345 e. The Morgan fingerprint density at radius 2 is 2.04 bits per heavy atom. The van der Waals surface area contributed by atoms with Gasteiger partial charge in [-0.2, -0.15) is 0 Å². The summed E-state index contributed by atoms with van der Waals surface area (Å²) in [5, 5.41) is 12.3. The lowest BCUT2D eigenvalue weighted by molar-refractivity contribution is -0.148. The van der Waals surface area contributed by atoms with Crippen molar-refractivity contribution in [2.75, 3.05) is 20.2 Å². The smallest absolute Gasteiger partial charge is 0.345 e. The molecule has 1 aliphatic rings. The monoisotopic (exact) mass is 402 g/mol. The number of thiophene rings is 1. The maximum atomic E-state index is 12.8. The molecule has 0 aliphatic carbocycles. The number of hydrogen-bond acceptors (Lipinski definition) is 6. The lowest BCUT2D eigenvalue weighted by atomic mass is 10.0. The molecule has 2 aromatic rings. The van der Waals surface area contributed by atoms with Crippen LogP contribution in [-0.2, 0) is 16.1 Å².